The zero-order valence-corrected chi connectivity index (χ0v) is 9.05. The highest BCUT2D eigenvalue weighted by molar-refractivity contribution is 5.48. The number of nitrogens with zero attached hydrogens (tertiary/aromatic N) is 4. The van der Waals surface area contributed by atoms with Crippen LogP contribution in [-0.4, -0.2) is 20.2 Å². The second kappa shape index (κ2) is 3.88. The van der Waals surface area contributed by atoms with Crippen LogP contribution in [0.5, 0.6) is 0 Å². The molecule has 1 heterocycles. The summed E-state index contributed by atoms with van der Waals surface area (Å²) >= 11 is 0. The number of hydrogen-bond donors (Lipinski definition) is 1. The number of anilines is 1. The average molecular weight is 221 g/mol. The average Bonchev–Trinajstić information content (AvgIpc) is 2.63. The molecule has 2 N–H and O–H groups in total. The summed E-state index contributed by atoms with van der Waals surface area (Å²) in [6, 6.07) is 4.23. The zero-order valence-electron chi connectivity index (χ0n) is 9.05. The molecule has 6 heteroatoms. The van der Waals surface area contributed by atoms with E-state index in [1.54, 1.807) is 6.07 Å². The van der Waals surface area contributed by atoms with E-state index in [0.717, 1.165) is 0 Å². The predicted molar refractivity (Wildman–Crippen MR) is 57.6 cm³/mol. The highest BCUT2D eigenvalue weighted by Crippen LogP contribution is 2.18. The van der Waals surface area contributed by atoms with Crippen LogP contribution in [0.1, 0.15) is 25.6 Å². The first-order valence-corrected chi connectivity index (χ1v) is 4.92. The molecule has 84 valence electrons. The third-order valence-corrected chi connectivity index (χ3v) is 2.16. The van der Waals surface area contributed by atoms with Crippen LogP contribution in [0.25, 0.3) is 5.69 Å². The highest BCUT2D eigenvalue weighted by atomic mass is 19.1. The largest absolute Gasteiger partial charge is 0.399 e. The van der Waals surface area contributed by atoms with Crippen molar-refractivity contribution in [2.75, 3.05) is 5.73 Å². The normalized spacial score (nSPS) is 11.0. The quantitative estimate of drug-likeness (QED) is 0.780. The van der Waals surface area contributed by atoms with E-state index in [9.17, 15) is 4.39 Å². The maximum absolute atomic E-state index is 13.2. The number of nitrogens with two attached hydrogens (primary N) is 1. The molecule has 0 atom stereocenters. The lowest BCUT2D eigenvalue weighted by Crippen LogP contribution is -2.05. The summed E-state index contributed by atoms with van der Waals surface area (Å²) in [4.78, 5) is 0. The van der Waals surface area contributed by atoms with E-state index in [-0.39, 0.29) is 5.92 Å². The van der Waals surface area contributed by atoms with Gasteiger partial charge in [0.1, 0.15) is 5.82 Å². The SMILES string of the molecule is CC(C)c1nnnn1-c1cc(N)cc(F)c1. The van der Waals surface area contributed by atoms with Gasteiger partial charge in [-0.05, 0) is 28.6 Å². The fourth-order valence-corrected chi connectivity index (χ4v) is 1.46. The fraction of sp³-hybridized carbons (Fsp3) is 0.300. The molecule has 1 aromatic heterocycles. The van der Waals surface area contributed by atoms with Gasteiger partial charge in [-0.1, -0.05) is 13.8 Å². The zero-order chi connectivity index (χ0) is 11.7. The van der Waals surface area contributed by atoms with Crippen LogP contribution in [-0.2, 0) is 0 Å². The van der Waals surface area contributed by atoms with Crippen LogP contribution in [0.2, 0.25) is 0 Å². The van der Waals surface area contributed by atoms with Crippen LogP contribution < -0.4 is 5.73 Å². The molecule has 0 bridgehead atoms. The summed E-state index contributed by atoms with van der Waals surface area (Å²) < 4.78 is 14.7. The Bertz CT molecular complexity index is 485. The second-order valence-corrected chi connectivity index (χ2v) is 3.85. The number of rotatable bonds is 2. The van der Waals surface area contributed by atoms with E-state index in [1.165, 1.54) is 16.8 Å². The van der Waals surface area contributed by atoms with Crippen molar-refractivity contribution < 1.29 is 4.39 Å². The van der Waals surface area contributed by atoms with Crippen molar-refractivity contribution in [3.05, 3.63) is 29.8 Å². The van der Waals surface area contributed by atoms with Crippen LogP contribution >= 0.6 is 0 Å². The maximum Gasteiger partial charge on any atom is 0.159 e. The molecule has 2 aromatic rings. The van der Waals surface area contributed by atoms with E-state index in [1.807, 2.05) is 13.8 Å². The van der Waals surface area contributed by atoms with Gasteiger partial charge >= 0.3 is 0 Å². The van der Waals surface area contributed by atoms with Crippen molar-refractivity contribution in [1.82, 2.24) is 20.2 Å². The molecule has 0 aliphatic rings. The monoisotopic (exact) mass is 221 g/mol. The van der Waals surface area contributed by atoms with Gasteiger partial charge in [0.2, 0.25) is 0 Å². The Balaban J connectivity index is 2.54. The van der Waals surface area contributed by atoms with Crippen molar-refractivity contribution in [1.29, 1.82) is 0 Å². The Labute approximate surface area is 92.1 Å². The van der Waals surface area contributed by atoms with Gasteiger partial charge in [-0.15, -0.1) is 5.10 Å². The molecule has 0 fully saturated rings. The van der Waals surface area contributed by atoms with Crippen molar-refractivity contribution in [3.63, 3.8) is 0 Å². The Kier molecular flexibility index (Phi) is 2.55. The standard InChI is InChI=1S/C10H12FN5/c1-6(2)10-13-14-15-16(10)9-4-7(11)3-8(12)5-9/h3-6H,12H2,1-2H3. The third-order valence-electron chi connectivity index (χ3n) is 2.16. The summed E-state index contributed by atoms with van der Waals surface area (Å²) in [6.07, 6.45) is 0. The summed E-state index contributed by atoms with van der Waals surface area (Å²) in [5.74, 6) is 0.421. The molecule has 1 aromatic carbocycles. The Hall–Kier alpha value is -1.98. The molecule has 0 radical (unpaired) electrons. The molecule has 16 heavy (non-hydrogen) atoms. The van der Waals surface area contributed by atoms with E-state index >= 15 is 0 Å². The Morgan fingerprint density at radius 2 is 2.06 bits per heavy atom. The minimum Gasteiger partial charge on any atom is -0.399 e. The fourth-order valence-electron chi connectivity index (χ4n) is 1.46. The number of tetrazole rings is 1. The molecular weight excluding hydrogens is 209 g/mol. The Morgan fingerprint density at radius 3 is 2.69 bits per heavy atom. The molecular formula is C10H12FN5. The van der Waals surface area contributed by atoms with E-state index < -0.39 is 5.82 Å². The van der Waals surface area contributed by atoms with Gasteiger partial charge in [0, 0.05) is 11.6 Å². The minimum absolute atomic E-state index is 0.152. The lowest BCUT2D eigenvalue weighted by molar-refractivity contribution is 0.623. The molecule has 0 unspecified atom stereocenters. The molecule has 0 saturated carbocycles. The van der Waals surface area contributed by atoms with Crippen LogP contribution in [0, 0.1) is 5.82 Å². The first-order valence-electron chi connectivity index (χ1n) is 4.92. The minimum atomic E-state index is -0.403. The number of hydrogen-bond acceptors (Lipinski definition) is 4. The van der Waals surface area contributed by atoms with Crippen molar-refractivity contribution in [3.8, 4) is 5.69 Å². The summed E-state index contributed by atoms with van der Waals surface area (Å²) in [5.41, 5.74) is 6.45. The van der Waals surface area contributed by atoms with Crippen LogP contribution in [0.3, 0.4) is 0 Å². The van der Waals surface area contributed by atoms with Crippen molar-refractivity contribution in [2.45, 2.75) is 19.8 Å². The van der Waals surface area contributed by atoms with Crippen molar-refractivity contribution in [2.24, 2.45) is 0 Å². The number of benzene rings is 1. The predicted octanol–water partition coefficient (Wildman–Crippen LogP) is 1.51. The molecule has 0 aliphatic carbocycles. The van der Waals surface area contributed by atoms with Gasteiger partial charge in [-0.25, -0.2) is 4.39 Å². The first kappa shape index (κ1) is 10.5. The lowest BCUT2D eigenvalue weighted by Gasteiger charge is -2.07. The molecule has 5 nitrogen and oxygen atoms in total. The number of nitrogen functional groups attached to an aromatic ring is 1. The van der Waals surface area contributed by atoms with Crippen LogP contribution in [0.15, 0.2) is 18.2 Å². The number of aromatic nitrogens is 4. The first-order chi connectivity index (χ1) is 7.58. The van der Waals surface area contributed by atoms with Gasteiger partial charge < -0.3 is 5.73 Å². The summed E-state index contributed by atoms with van der Waals surface area (Å²) in [7, 11) is 0. The molecule has 0 saturated heterocycles. The van der Waals surface area contributed by atoms with E-state index in [0.29, 0.717) is 17.2 Å². The van der Waals surface area contributed by atoms with Gasteiger partial charge in [0.05, 0.1) is 5.69 Å². The highest BCUT2D eigenvalue weighted by Gasteiger charge is 2.12. The molecule has 2 rings (SSSR count). The van der Waals surface area contributed by atoms with E-state index in [4.69, 9.17) is 5.73 Å². The summed E-state index contributed by atoms with van der Waals surface area (Å²) in [5, 5.41) is 11.3. The van der Waals surface area contributed by atoms with Crippen molar-refractivity contribution >= 4 is 5.69 Å². The molecule has 0 aliphatic heterocycles. The van der Waals surface area contributed by atoms with Gasteiger partial charge in [0.15, 0.2) is 5.82 Å². The number of halogens is 1. The second-order valence-electron chi connectivity index (χ2n) is 3.85. The van der Waals surface area contributed by atoms with Gasteiger partial charge in [-0.2, -0.15) is 4.68 Å². The summed E-state index contributed by atoms with van der Waals surface area (Å²) in [6.45, 7) is 3.93. The van der Waals surface area contributed by atoms with Crippen LogP contribution in [0.4, 0.5) is 10.1 Å². The van der Waals surface area contributed by atoms with E-state index in [2.05, 4.69) is 15.5 Å². The maximum atomic E-state index is 13.2. The Morgan fingerprint density at radius 1 is 1.31 bits per heavy atom. The third kappa shape index (κ3) is 1.86. The smallest absolute Gasteiger partial charge is 0.159 e. The van der Waals surface area contributed by atoms with Gasteiger partial charge in [-0.3, -0.25) is 0 Å². The molecule has 0 spiro atoms. The van der Waals surface area contributed by atoms with Gasteiger partial charge in [0.25, 0.3) is 0 Å². The topological polar surface area (TPSA) is 69.6 Å². The lowest BCUT2D eigenvalue weighted by atomic mass is 10.2. The molecule has 0 amide bonds.